The number of halogens is 2. The van der Waals surface area contributed by atoms with Crippen LogP contribution in [0.2, 0.25) is 0 Å². The number of para-hydroxylation sites is 1. The van der Waals surface area contributed by atoms with Gasteiger partial charge in [-0.2, -0.15) is 0 Å². The zero-order chi connectivity index (χ0) is 14.8. The molecular weight excluding hydrogens is 333 g/mol. The molecule has 0 atom stereocenters. The van der Waals surface area contributed by atoms with Crippen molar-refractivity contribution in [1.82, 2.24) is 9.55 Å². The molecule has 0 aliphatic rings. The Hall–Kier alpha value is -2.14. The van der Waals surface area contributed by atoms with Crippen molar-refractivity contribution in [1.29, 1.82) is 0 Å². The molecule has 1 N–H and O–H groups in total. The Morgan fingerprint density at radius 2 is 1.90 bits per heavy atom. The lowest BCUT2D eigenvalue weighted by molar-refractivity contribution is 0.626. The quantitative estimate of drug-likeness (QED) is 0.736. The van der Waals surface area contributed by atoms with Gasteiger partial charge in [-0.05, 0) is 53.2 Å². The maximum absolute atomic E-state index is 13.2. The van der Waals surface area contributed by atoms with Gasteiger partial charge in [0.15, 0.2) is 0 Å². The van der Waals surface area contributed by atoms with Crippen LogP contribution in [0, 0.1) is 12.7 Å². The highest BCUT2D eigenvalue weighted by atomic mass is 79.9. The first-order chi connectivity index (χ1) is 10.1. The van der Waals surface area contributed by atoms with Crippen LogP contribution >= 0.6 is 15.9 Å². The minimum Gasteiger partial charge on any atom is -0.325 e. The van der Waals surface area contributed by atoms with E-state index in [1.807, 2.05) is 48.0 Å². The monoisotopic (exact) mass is 345 g/mol. The summed E-state index contributed by atoms with van der Waals surface area (Å²) in [5.41, 5.74) is 2.66. The van der Waals surface area contributed by atoms with Crippen molar-refractivity contribution in [2.45, 2.75) is 6.92 Å². The van der Waals surface area contributed by atoms with Crippen molar-refractivity contribution in [2.75, 3.05) is 5.32 Å². The maximum Gasteiger partial charge on any atom is 0.212 e. The SMILES string of the molecule is Cc1cn(-c2ccc(F)cc2Br)c(Nc2ccccc2)n1. The summed E-state index contributed by atoms with van der Waals surface area (Å²) >= 11 is 3.40. The van der Waals surface area contributed by atoms with Crippen molar-refractivity contribution in [3.05, 3.63) is 70.7 Å². The summed E-state index contributed by atoms with van der Waals surface area (Å²) in [6.07, 6.45) is 1.91. The fourth-order valence-corrected chi connectivity index (χ4v) is 2.64. The molecular formula is C16H13BrFN3. The fraction of sp³-hybridized carbons (Fsp3) is 0.0625. The molecule has 0 amide bonds. The van der Waals surface area contributed by atoms with Crippen molar-refractivity contribution in [3.8, 4) is 5.69 Å². The second-order valence-electron chi connectivity index (χ2n) is 4.66. The minimum atomic E-state index is -0.278. The molecule has 0 unspecified atom stereocenters. The lowest BCUT2D eigenvalue weighted by Gasteiger charge is -2.11. The molecule has 0 aliphatic carbocycles. The summed E-state index contributed by atoms with van der Waals surface area (Å²) in [6.45, 7) is 1.92. The number of aryl methyl sites for hydroxylation is 1. The van der Waals surface area contributed by atoms with E-state index in [9.17, 15) is 4.39 Å². The van der Waals surface area contributed by atoms with Gasteiger partial charge in [-0.25, -0.2) is 9.37 Å². The summed E-state index contributed by atoms with van der Waals surface area (Å²) in [5.74, 6) is 0.408. The largest absolute Gasteiger partial charge is 0.325 e. The van der Waals surface area contributed by atoms with Crippen LogP contribution in [-0.4, -0.2) is 9.55 Å². The van der Waals surface area contributed by atoms with E-state index in [4.69, 9.17) is 0 Å². The molecule has 0 spiro atoms. The third-order valence-electron chi connectivity index (χ3n) is 3.03. The van der Waals surface area contributed by atoms with Crippen molar-refractivity contribution < 1.29 is 4.39 Å². The van der Waals surface area contributed by atoms with Crippen LogP contribution in [0.15, 0.2) is 59.2 Å². The van der Waals surface area contributed by atoms with E-state index in [0.717, 1.165) is 17.1 Å². The molecule has 21 heavy (non-hydrogen) atoms. The zero-order valence-electron chi connectivity index (χ0n) is 11.3. The first kappa shape index (κ1) is 13.8. The van der Waals surface area contributed by atoms with Gasteiger partial charge in [-0.15, -0.1) is 0 Å². The van der Waals surface area contributed by atoms with Gasteiger partial charge in [0.05, 0.1) is 11.4 Å². The molecule has 5 heteroatoms. The van der Waals surface area contributed by atoms with Crippen LogP contribution < -0.4 is 5.32 Å². The second kappa shape index (κ2) is 5.69. The molecule has 0 saturated heterocycles. The van der Waals surface area contributed by atoms with Gasteiger partial charge in [-0.1, -0.05) is 18.2 Å². The number of aromatic nitrogens is 2. The van der Waals surface area contributed by atoms with Gasteiger partial charge in [0.2, 0.25) is 5.95 Å². The molecule has 1 heterocycles. The summed E-state index contributed by atoms with van der Waals surface area (Å²) in [6, 6.07) is 14.4. The first-order valence-electron chi connectivity index (χ1n) is 6.47. The van der Waals surface area contributed by atoms with E-state index >= 15 is 0 Å². The third-order valence-corrected chi connectivity index (χ3v) is 3.66. The van der Waals surface area contributed by atoms with E-state index in [1.165, 1.54) is 12.1 Å². The van der Waals surface area contributed by atoms with E-state index < -0.39 is 0 Å². The molecule has 3 nitrogen and oxygen atoms in total. The molecule has 0 fully saturated rings. The highest BCUT2D eigenvalue weighted by Crippen LogP contribution is 2.27. The molecule has 2 aromatic carbocycles. The van der Waals surface area contributed by atoms with Crippen LogP contribution in [0.1, 0.15) is 5.69 Å². The Morgan fingerprint density at radius 1 is 1.14 bits per heavy atom. The van der Waals surface area contributed by atoms with Crippen molar-refractivity contribution >= 4 is 27.6 Å². The van der Waals surface area contributed by atoms with Crippen LogP contribution in [0.5, 0.6) is 0 Å². The number of nitrogens with zero attached hydrogens (tertiary/aromatic N) is 2. The maximum atomic E-state index is 13.2. The normalized spacial score (nSPS) is 10.6. The van der Waals surface area contributed by atoms with E-state index in [0.29, 0.717) is 10.4 Å². The number of imidazole rings is 1. The first-order valence-corrected chi connectivity index (χ1v) is 7.26. The Morgan fingerprint density at radius 3 is 2.62 bits per heavy atom. The Balaban J connectivity index is 2.03. The van der Waals surface area contributed by atoms with Crippen LogP contribution in [0.4, 0.5) is 16.0 Å². The van der Waals surface area contributed by atoms with Gasteiger partial charge < -0.3 is 5.32 Å². The Labute approximate surface area is 130 Å². The number of nitrogens with one attached hydrogen (secondary N) is 1. The predicted octanol–water partition coefficient (Wildman–Crippen LogP) is 4.83. The zero-order valence-corrected chi connectivity index (χ0v) is 12.9. The van der Waals surface area contributed by atoms with Crippen LogP contribution in [0.3, 0.4) is 0 Å². The molecule has 1 aromatic heterocycles. The lowest BCUT2D eigenvalue weighted by atomic mass is 10.3. The number of benzene rings is 2. The third kappa shape index (κ3) is 2.97. The topological polar surface area (TPSA) is 29.9 Å². The molecule has 0 saturated carbocycles. The molecule has 0 radical (unpaired) electrons. The number of hydrogen-bond donors (Lipinski definition) is 1. The number of hydrogen-bond acceptors (Lipinski definition) is 2. The lowest BCUT2D eigenvalue weighted by Crippen LogP contribution is -2.01. The molecule has 3 aromatic rings. The van der Waals surface area contributed by atoms with E-state index in [1.54, 1.807) is 6.07 Å². The number of rotatable bonds is 3. The Kier molecular flexibility index (Phi) is 3.75. The summed E-state index contributed by atoms with van der Waals surface area (Å²) in [4.78, 5) is 4.48. The van der Waals surface area contributed by atoms with Crippen molar-refractivity contribution in [2.24, 2.45) is 0 Å². The highest BCUT2D eigenvalue weighted by Gasteiger charge is 2.11. The van der Waals surface area contributed by atoms with Gasteiger partial charge in [0, 0.05) is 16.4 Å². The predicted molar refractivity (Wildman–Crippen MR) is 85.7 cm³/mol. The van der Waals surface area contributed by atoms with Crippen LogP contribution in [-0.2, 0) is 0 Å². The smallest absolute Gasteiger partial charge is 0.212 e. The standard InChI is InChI=1S/C16H13BrFN3/c1-11-10-21(15-8-7-12(18)9-14(15)17)16(19-11)20-13-5-3-2-4-6-13/h2-10H,1H3,(H,19,20). The molecule has 0 aliphatic heterocycles. The van der Waals surface area contributed by atoms with Crippen LogP contribution in [0.25, 0.3) is 5.69 Å². The number of anilines is 2. The average molecular weight is 346 g/mol. The molecule has 0 bridgehead atoms. The van der Waals surface area contributed by atoms with Gasteiger partial charge in [0.1, 0.15) is 5.82 Å². The molecule has 106 valence electrons. The van der Waals surface area contributed by atoms with Crippen molar-refractivity contribution in [3.63, 3.8) is 0 Å². The summed E-state index contributed by atoms with van der Waals surface area (Å²) < 4.78 is 15.8. The fourth-order valence-electron chi connectivity index (χ4n) is 2.10. The minimum absolute atomic E-state index is 0.278. The van der Waals surface area contributed by atoms with Gasteiger partial charge in [-0.3, -0.25) is 4.57 Å². The molecule has 3 rings (SSSR count). The van der Waals surface area contributed by atoms with E-state index in [2.05, 4.69) is 26.2 Å². The second-order valence-corrected chi connectivity index (χ2v) is 5.52. The summed E-state index contributed by atoms with van der Waals surface area (Å²) in [5, 5.41) is 3.27. The van der Waals surface area contributed by atoms with Gasteiger partial charge in [0.25, 0.3) is 0 Å². The summed E-state index contributed by atoms with van der Waals surface area (Å²) in [7, 11) is 0. The van der Waals surface area contributed by atoms with E-state index in [-0.39, 0.29) is 5.82 Å². The highest BCUT2D eigenvalue weighted by molar-refractivity contribution is 9.10. The van der Waals surface area contributed by atoms with Gasteiger partial charge >= 0.3 is 0 Å². The Bertz CT molecular complexity index is 768. The average Bonchev–Trinajstić information content (AvgIpc) is 2.80.